The van der Waals surface area contributed by atoms with E-state index in [-0.39, 0.29) is 5.41 Å². The van der Waals surface area contributed by atoms with E-state index in [1.807, 2.05) is 0 Å². The normalized spacial score (nSPS) is 19.2. The molecule has 0 amide bonds. The van der Waals surface area contributed by atoms with E-state index in [4.69, 9.17) is 9.47 Å². The van der Waals surface area contributed by atoms with Crippen molar-refractivity contribution in [2.75, 3.05) is 26.3 Å². The molecule has 1 aliphatic heterocycles. The van der Waals surface area contributed by atoms with Crippen molar-refractivity contribution in [2.45, 2.75) is 45.1 Å². The SMILES string of the molecule is CC(C)(C)c1ccc(OCCNCC2CCCO2)cc1. The van der Waals surface area contributed by atoms with Crippen LogP contribution in [-0.4, -0.2) is 32.4 Å². The van der Waals surface area contributed by atoms with Crippen LogP contribution in [0.4, 0.5) is 0 Å². The Morgan fingerprint density at radius 3 is 2.60 bits per heavy atom. The lowest BCUT2D eigenvalue weighted by Gasteiger charge is -2.19. The highest BCUT2D eigenvalue weighted by Crippen LogP contribution is 2.24. The molecular formula is C17H27NO2. The Bertz CT molecular complexity index is 388. The molecule has 1 saturated heterocycles. The predicted octanol–water partition coefficient (Wildman–Crippen LogP) is 3.13. The topological polar surface area (TPSA) is 30.5 Å². The fourth-order valence-corrected chi connectivity index (χ4v) is 2.36. The molecule has 20 heavy (non-hydrogen) atoms. The third kappa shape index (κ3) is 4.80. The number of nitrogens with one attached hydrogen (secondary N) is 1. The number of hydrogen-bond donors (Lipinski definition) is 1. The monoisotopic (exact) mass is 277 g/mol. The Hall–Kier alpha value is -1.06. The van der Waals surface area contributed by atoms with E-state index in [0.717, 1.165) is 25.4 Å². The van der Waals surface area contributed by atoms with Gasteiger partial charge in [0.05, 0.1) is 6.10 Å². The van der Waals surface area contributed by atoms with Crippen molar-refractivity contribution >= 4 is 0 Å². The highest BCUT2D eigenvalue weighted by Gasteiger charge is 2.14. The van der Waals surface area contributed by atoms with Gasteiger partial charge in [0.15, 0.2) is 0 Å². The lowest BCUT2D eigenvalue weighted by molar-refractivity contribution is 0.109. The number of hydrogen-bond acceptors (Lipinski definition) is 3. The molecular weight excluding hydrogens is 250 g/mol. The van der Waals surface area contributed by atoms with Crippen molar-refractivity contribution in [1.82, 2.24) is 5.32 Å². The van der Waals surface area contributed by atoms with Crippen LogP contribution in [0.5, 0.6) is 5.75 Å². The summed E-state index contributed by atoms with van der Waals surface area (Å²) in [4.78, 5) is 0. The summed E-state index contributed by atoms with van der Waals surface area (Å²) in [6, 6.07) is 8.41. The van der Waals surface area contributed by atoms with E-state index in [0.29, 0.717) is 12.7 Å². The molecule has 112 valence electrons. The molecule has 0 bridgehead atoms. The van der Waals surface area contributed by atoms with Gasteiger partial charge in [0.2, 0.25) is 0 Å². The lowest BCUT2D eigenvalue weighted by Crippen LogP contribution is -2.29. The summed E-state index contributed by atoms with van der Waals surface area (Å²) in [6.07, 6.45) is 2.78. The van der Waals surface area contributed by atoms with Gasteiger partial charge in [-0.15, -0.1) is 0 Å². The first-order valence-corrected chi connectivity index (χ1v) is 7.61. The van der Waals surface area contributed by atoms with Gasteiger partial charge in [0.1, 0.15) is 12.4 Å². The molecule has 2 rings (SSSR count). The molecule has 0 aromatic heterocycles. The minimum absolute atomic E-state index is 0.196. The van der Waals surface area contributed by atoms with Crippen molar-refractivity contribution in [1.29, 1.82) is 0 Å². The zero-order valence-electron chi connectivity index (χ0n) is 12.9. The van der Waals surface area contributed by atoms with Gasteiger partial charge < -0.3 is 14.8 Å². The molecule has 3 nitrogen and oxygen atoms in total. The molecule has 1 aliphatic rings. The number of rotatable bonds is 6. The zero-order chi connectivity index (χ0) is 14.4. The molecule has 0 saturated carbocycles. The first-order chi connectivity index (χ1) is 9.55. The molecule has 1 unspecified atom stereocenters. The van der Waals surface area contributed by atoms with Gasteiger partial charge in [-0.1, -0.05) is 32.9 Å². The number of ether oxygens (including phenoxy) is 2. The highest BCUT2D eigenvalue weighted by atomic mass is 16.5. The maximum Gasteiger partial charge on any atom is 0.119 e. The Morgan fingerprint density at radius 1 is 1.25 bits per heavy atom. The van der Waals surface area contributed by atoms with Crippen LogP contribution in [0.15, 0.2) is 24.3 Å². The highest BCUT2D eigenvalue weighted by molar-refractivity contribution is 5.31. The second-order valence-corrected chi connectivity index (χ2v) is 6.46. The van der Waals surface area contributed by atoms with Crippen molar-refractivity contribution in [3.63, 3.8) is 0 Å². The van der Waals surface area contributed by atoms with Crippen LogP contribution >= 0.6 is 0 Å². The summed E-state index contributed by atoms with van der Waals surface area (Å²) in [5.41, 5.74) is 1.53. The third-order valence-corrected chi connectivity index (χ3v) is 3.66. The van der Waals surface area contributed by atoms with Gasteiger partial charge >= 0.3 is 0 Å². The van der Waals surface area contributed by atoms with Gasteiger partial charge in [-0.05, 0) is 36.0 Å². The van der Waals surface area contributed by atoms with Crippen LogP contribution in [0.25, 0.3) is 0 Å². The van der Waals surface area contributed by atoms with Crippen molar-refractivity contribution in [3.8, 4) is 5.75 Å². The van der Waals surface area contributed by atoms with Crippen LogP contribution < -0.4 is 10.1 Å². The summed E-state index contributed by atoms with van der Waals surface area (Å²) < 4.78 is 11.3. The summed E-state index contributed by atoms with van der Waals surface area (Å²) in [5, 5.41) is 3.38. The first-order valence-electron chi connectivity index (χ1n) is 7.61. The van der Waals surface area contributed by atoms with Crippen LogP contribution in [0.2, 0.25) is 0 Å². The molecule has 1 atom stereocenters. The largest absolute Gasteiger partial charge is 0.492 e. The van der Waals surface area contributed by atoms with Crippen LogP contribution in [-0.2, 0) is 10.2 Å². The molecule has 1 N–H and O–H groups in total. The second-order valence-electron chi connectivity index (χ2n) is 6.46. The van der Waals surface area contributed by atoms with Gasteiger partial charge in [-0.25, -0.2) is 0 Å². The third-order valence-electron chi connectivity index (χ3n) is 3.66. The molecule has 1 aromatic rings. The maximum absolute atomic E-state index is 5.74. The average molecular weight is 277 g/mol. The molecule has 0 aliphatic carbocycles. The Kier molecular flexibility index (Phi) is 5.44. The first kappa shape index (κ1) is 15.3. The quantitative estimate of drug-likeness (QED) is 0.810. The van der Waals surface area contributed by atoms with Gasteiger partial charge in [-0.3, -0.25) is 0 Å². The Morgan fingerprint density at radius 2 is 2.00 bits per heavy atom. The van der Waals surface area contributed by atoms with E-state index in [1.54, 1.807) is 0 Å². The van der Waals surface area contributed by atoms with Gasteiger partial charge in [0, 0.05) is 19.7 Å². The maximum atomic E-state index is 5.74. The molecule has 1 fully saturated rings. The van der Waals surface area contributed by atoms with Crippen molar-refractivity contribution in [3.05, 3.63) is 29.8 Å². The summed E-state index contributed by atoms with van der Waals surface area (Å²) in [5.74, 6) is 0.942. The van der Waals surface area contributed by atoms with Crippen LogP contribution in [0.1, 0.15) is 39.2 Å². The predicted molar refractivity (Wildman–Crippen MR) is 82.5 cm³/mol. The van der Waals surface area contributed by atoms with Crippen LogP contribution in [0.3, 0.4) is 0 Å². The molecule has 0 radical (unpaired) electrons. The Labute approximate surface area is 122 Å². The van der Waals surface area contributed by atoms with Gasteiger partial charge in [0.25, 0.3) is 0 Å². The summed E-state index contributed by atoms with van der Waals surface area (Å²) in [7, 11) is 0. The minimum atomic E-state index is 0.196. The fraction of sp³-hybridized carbons (Fsp3) is 0.647. The van der Waals surface area contributed by atoms with Crippen LogP contribution in [0, 0.1) is 0 Å². The number of benzene rings is 1. The van der Waals surface area contributed by atoms with E-state index in [2.05, 4.69) is 50.4 Å². The molecule has 3 heteroatoms. The molecule has 0 spiro atoms. The molecule has 1 heterocycles. The second kappa shape index (κ2) is 7.09. The van der Waals surface area contributed by atoms with Crippen molar-refractivity contribution in [2.24, 2.45) is 0 Å². The minimum Gasteiger partial charge on any atom is -0.492 e. The fourth-order valence-electron chi connectivity index (χ4n) is 2.36. The summed E-state index contributed by atoms with van der Waals surface area (Å²) in [6.45, 7) is 10.1. The van der Waals surface area contributed by atoms with Crippen molar-refractivity contribution < 1.29 is 9.47 Å². The van der Waals surface area contributed by atoms with Gasteiger partial charge in [-0.2, -0.15) is 0 Å². The van der Waals surface area contributed by atoms with E-state index in [1.165, 1.54) is 18.4 Å². The smallest absolute Gasteiger partial charge is 0.119 e. The average Bonchev–Trinajstić information content (AvgIpc) is 2.91. The van der Waals surface area contributed by atoms with E-state index < -0.39 is 0 Å². The van der Waals surface area contributed by atoms with E-state index >= 15 is 0 Å². The molecule has 1 aromatic carbocycles. The zero-order valence-corrected chi connectivity index (χ0v) is 12.9. The standard InChI is InChI=1S/C17H27NO2/c1-17(2,3)14-6-8-15(9-7-14)20-12-10-18-13-16-5-4-11-19-16/h6-9,16,18H,4-5,10-13H2,1-3H3. The lowest BCUT2D eigenvalue weighted by atomic mass is 9.87. The summed E-state index contributed by atoms with van der Waals surface area (Å²) >= 11 is 0. The Balaban J connectivity index is 1.64. The van der Waals surface area contributed by atoms with E-state index in [9.17, 15) is 0 Å².